The first-order valence-corrected chi connectivity index (χ1v) is 7.42. The van der Waals surface area contributed by atoms with Gasteiger partial charge in [0.05, 0.1) is 17.6 Å². The predicted octanol–water partition coefficient (Wildman–Crippen LogP) is 3.23. The Morgan fingerprint density at radius 2 is 2.11 bits per heavy atom. The summed E-state index contributed by atoms with van der Waals surface area (Å²) in [6.07, 6.45) is 2.97. The topological polar surface area (TPSA) is 42.1 Å². The van der Waals surface area contributed by atoms with Crippen LogP contribution in [-0.2, 0) is 6.42 Å². The van der Waals surface area contributed by atoms with Crippen molar-refractivity contribution in [2.75, 3.05) is 11.9 Å². The molecule has 0 radical (unpaired) electrons. The molecule has 3 nitrogen and oxygen atoms in total. The Morgan fingerprint density at radius 1 is 1.32 bits per heavy atom. The van der Waals surface area contributed by atoms with Crippen LogP contribution in [0.15, 0.2) is 35.8 Å². The second kappa shape index (κ2) is 6.17. The average molecular weight is 275 g/mol. The van der Waals surface area contributed by atoms with E-state index in [0.29, 0.717) is 6.04 Å². The summed E-state index contributed by atoms with van der Waals surface area (Å²) in [7, 11) is 2.11. The molecule has 2 heterocycles. The molecule has 2 aromatic heterocycles. The zero-order valence-corrected chi connectivity index (χ0v) is 12.5. The third-order valence-electron chi connectivity index (χ3n) is 3.38. The van der Waals surface area contributed by atoms with Gasteiger partial charge in [-0.2, -0.15) is 0 Å². The lowest BCUT2D eigenvalue weighted by atomic mass is 10.1. The highest BCUT2D eigenvalue weighted by Crippen LogP contribution is 2.19. The molecule has 0 bridgehead atoms. The van der Waals surface area contributed by atoms with Crippen LogP contribution in [0.3, 0.4) is 0 Å². The standard InChI is InChI=1S/C15H21N3S/c1-11(9-14-5-4-8-19-14)18(3)13-6-7-15(12(2)16)17-10-13/h4-8,10-12H,9,16H2,1-3H3/t11?,12-/m1/s1. The maximum atomic E-state index is 5.82. The van der Waals surface area contributed by atoms with Crippen LogP contribution in [-0.4, -0.2) is 18.1 Å². The van der Waals surface area contributed by atoms with E-state index in [-0.39, 0.29) is 6.04 Å². The molecule has 0 saturated heterocycles. The number of likely N-dealkylation sites (N-methyl/N-ethyl adjacent to an activating group) is 1. The summed E-state index contributed by atoms with van der Waals surface area (Å²) in [5.41, 5.74) is 7.88. The van der Waals surface area contributed by atoms with E-state index in [2.05, 4.69) is 47.4 Å². The number of thiophene rings is 1. The first-order valence-electron chi connectivity index (χ1n) is 6.54. The van der Waals surface area contributed by atoms with Crippen LogP contribution in [0.2, 0.25) is 0 Å². The minimum absolute atomic E-state index is 0.0112. The van der Waals surface area contributed by atoms with E-state index >= 15 is 0 Å². The molecule has 1 unspecified atom stereocenters. The van der Waals surface area contributed by atoms with Gasteiger partial charge in [-0.1, -0.05) is 6.07 Å². The fraction of sp³-hybridized carbons (Fsp3) is 0.400. The van der Waals surface area contributed by atoms with Gasteiger partial charge in [0, 0.05) is 30.4 Å². The zero-order chi connectivity index (χ0) is 13.8. The Kier molecular flexibility index (Phi) is 4.56. The van der Waals surface area contributed by atoms with Crippen LogP contribution >= 0.6 is 11.3 Å². The summed E-state index contributed by atoms with van der Waals surface area (Å²) in [5, 5.41) is 2.13. The van der Waals surface area contributed by atoms with Gasteiger partial charge in [0.25, 0.3) is 0 Å². The van der Waals surface area contributed by atoms with Crippen molar-refractivity contribution in [1.29, 1.82) is 0 Å². The van der Waals surface area contributed by atoms with Gasteiger partial charge < -0.3 is 10.6 Å². The van der Waals surface area contributed by atoms with Crippen LogP contribution in [0.25, 0.3) is 0 Å². The van der Waals surface area contributed by atoms with E-state index < -0.39 is 0 Å². The van der Waals surface area contributed by atoms with E-state index in [4.69, 9.17) is 5.73 Å². The maximum Gasteiger partial charge on any atom is 0.0569 e. The van der Waals surface area contributed by atoms with E-state index in [1.807, 2.05) is 30.5 Å². The Hall–Kier alpha value is -1.39. The number of rotatable bonds is 5. The van der Waals surface area contributed by atoms with E-state index in [0.717, 1.165) is 17.8 Å². The maximum absolute atomic E-state index is 5.82. The molecule has 0 amide bonds. The molecule has 0 saturated carbocycles. The average Bonchev–Trinajstić information content (AvgIpc) is 2.90. The van der Waals surface area contributed by atoms with Crippen molar-refractivity contribution >= 4 is 17.0 Å². The minimum atomic E-state index is -0.0112. The molecule has 0 aliphatic rings. The fourth-order valence-corrected chi connectivity index (χ4v) is 2.81. The van der Waals surface area contributed by atoms with Gasteiger partial charge in [0.15, 0.2) is 0 Å². The Morgan fingerprint density at radius 3 is 2.63 bits per heavy atom. The second-order valence-corrected chi connectivity index (χ2v) is 6.01. The van der Waals surface area contributed by atoms with Crippen molar-refractivity contribution in [2.45, 2.75) is 32.4 Å². The van der Waals surface area contributed by atoms with Crippen LogP contribution in [0.5, 0.6) is 0 Å². The molecule has 0 fully saturated rings. The number of pyridine rings is 1. The number of aromatic nitrogens is 1. The number of nitrogens with zero attached hydrogens (tertiary/aromatic N) is 2. The summed E-state index contributed by atoms with van der Waals surface area (Å²) in [6.45, 7) is 4.18. The van der Waals surface area contributed by atoms with Crippen LogP contribution < -0.4 is 10.6 Å². The van der Waals surface area contributed by atoms with Crippen molar-refractivity contribution in [2.24, 2.45) is 5.73 Å². The van der Waals surface area contributed by atoms with Crippen molar-refractivity contribution < 1.29 is 0 Å². The summed E-state index contributed by atoms with van der Waals surface area (Å²) in [4.78, 5) is 8.09. The molecule has 0 aliphatic carbocycles. The normalized spacial score (nSPS) is 14.1. The third-order valence-corrected chi connectivity index (χ3v) is 4.28. The molecular weight excluding hydrogens is 254 g/mol. The quantitative estimate of drug-likeness (QED) is 0.911. The molecule has 2 aromatic rings. The first kappa shape index (κ1) is 14.0. The van der Waals surface area contributed by atoms with Gasteiger partial charge in [-0.15, -0.1) is 11.3 Å². The zero-order valence-electron chi connectivity index (χ0n) is 11.7. The lowest BCUT2D eigenvalue weighted by Gasteiger charge is -2.26. The molecule has 19 heavy (non-hydrogen) atoms. The Bertz CT molecular complexity index is 491. The van der Waals surface area contributed by atoms with Gasteiger partial charge >= 0.3 is 0 Å². The van der Waals surface area contributed by atoms with Crippen molar-refractivity contribution in [3.8, 4) is 0 Å². The lowest BCUT2D eigenvalue weighted by Crippen LogP contribution is -2.30. The summed E-state index contributed by atoms with van der Waals surface area (Å²) >= 11 is 1.81. The second-order valence-electron chi connectivity index (χ2n) is 4.97. The monoisotopic (exact) mass is 275 g/mol. The number of hydrogen-bond donors (Lipinski definition) is 1. The van der Waals surface area contributed by atoms with Gasteiger partial charge in [-0.05, 0) is 37.4 Å². The number of nitrogens with two attached hydrogens (primary N) is 1. The molecule has 4 heteroatoms. The van der Waals surface area contributed by atoms with Crippen LogP contribution in [0.1, 0.15) is 30.5 Å². The number of hydrogen-bond acceptors (Lipinski definition) is 4. The highest BCUT2D eigenvalue weighted by molar-refractivity contribution is 7.09. The minimum Gasteiger partial charge on any atom is -0.370 e. The SMILES string of the molecule is CC(Cc1cccs1)N(C)c1ccc([C@@H](C)N)nc1. The smallest absolute Gasteiger partial charge is 0.0569 e. The molecule has 2 N–H and O–H groups in total. The molecule has 0 aromatic carbocycles. The van der Waals surface area contributed by atoms with Gasteiger partial charge in [0.2, 0.25) is 0 Å². The van der Waals surface area contributed by atoms with Gasteiger partial charge in [-0.25, -0.2) is 0 Å². The van der Waals surface area contributed by atoms with Crippen molar-refractivity contribution in [1.82, 2.24) is 4.98 Å². The predicted molar refractivity (Wildman–Crippen MR) is 82.7 cm³/mol. The first-order chi connectivity index (χ1) is 9.08. The van der Waals surface area contributed by atoms with Gasteiger partial charge in [0.1, 0.15) is 0 Å². The van der Waals surface area contributed by atoms with Gasteiger partial charge in [-0.3, -0.25) is 4.98 Å². The molecule has 0 spiro atoms. The Labute approximate surface area is 119 Å². The molecule has 0 aliphatic heterocycles. The summed E-state index contributed by atoms with van der Waals surface area (Å²) < 4.78 is 0. The highest BCUT2D eigenvalue weighted by atomic mass is 32.1. The van der Waals surface area contributed by atoms with E-state index in [1.165, 1.54) is 4.88 Å². The summed E-state index contributed by atoms with van der Waals surface area (Å²) in [6, 6.07) is 8.83. The fourth-order valence-electron chi connectivity index (χ4n) is 1.99. The molecule has 2 atom stereocenters. The van der Waals surface area contributed by atoms with E-state index in [9.17, 15) is 0 Å². The lowest BCUT2D eigenvalue weighted by molar-refractivity contribution is 0.685. The molecule has 2 rings (SSSR count). The van der Waals surface area contributed by atoms with Crippen LogP contribution in [0.4, 0.5) is 5.69 Å². The molecule has 102 valence electrons. The highest BCUT2D eigenvalue weighted by Gasteiger charge is 2.12. The summed E-state index contributed by atoms with van der Waals surface area (Å²) in [5.74, 6) is 0. The number of anilines is 1. The van der Waals surface area contributed by atoms with Crippen molar-refractivity contribution in [3.05, 3.63) is 46.4 Å². The van der Waals surface area contributed by atoms with E-state index in [1.54, 1.807) is 0 Å². The largest absolute Gasteiger partial charge is 0.370 e. The third kappa shape index (κ3) is 3.55. The van der Waals surface area contributed by atoms with Crippen LogP contribution in [0, 0.1) is 0 Å². The molecular formula is C15H21N3S. The van der Waals surface area contributed by atoms with Crippen molar-refractivity contribution in [3.63, 3.8) is 0 Å². The Balaban J connectivity index is 2.04.